The van der Waals surface area contributed by atoms with Crippen LogP contribution in [-0.4, -0.2) is 32.4 Å². The molecule has 0 unspecified atom stereocenters. The molecule has 1 fully saturated rings. The van der Waals surface area contributed by atoms with E-state index in [1.54, 1.807) is 0 Å². The van der Waals surface area contributed by atoms with Gasteiger partial charge in [0.05, 0.1) is 23.1 Å². The number of fused-ring (bicyclic) bond motifs is 1. The summed E-state index contributed by atoms with van der Waals surface area (Å²) in [5, 5.41) is 9.95. The van der Waals surface area contributed by atoms with Gasteiger partial charge in [0.1, 0.15) is 0 Å². The van der Waals surface area contributed by atoms with Crippen LogP contribution in [0.2, 0.25) is 5.02 Å². The molecule has 1 N–H and O–H groups in total. The molecule has 0 atom stereocenters. The van der Waals surface area contributed by atoms with Crippen LogP contribution in [0.15, 0.2) is 55.0 Å². The molecule has 0 spiro atoms. The second kappa shape index (κ2) is 7.08. The highest BCUT2D eigenvalue weighted by Gasteiger charge is 2.28. The maximum Gasteiger partial charge on any atom is 0.0850 e. The number of hydrogen-bond acceptors (Lipinski definition) is 3. The highest BCUT2D eigenvalue weighted by Crippen LogP contribution is 2.42. The number of rotatable bonds is 3. The molecule has 1 aliphatic rings. The summed E-state index contributed by atoms with van der Waals surface area (Å²) in [5.41, 5.74) is 5.92. The van der Waals surface area contributed by atoms with E-state index in [1.807, 2.05) is 42.5 Å². The zero-order chi connectivity index (χ0) is 19.1. The van der Waals surface area contributed by atoms with E-state index in [2.05, 4.69) is 44.2 Å². The summed E-state index contributed by atoms with van der Waals surface area (Å²) in [5.74, 6) is 0.504. The number of nitrogens with one attached hydrogen (secondary N) is 1. The van der Waals surface area contributed by atoms with Crippen molar-refractivity contribution in [1.82, 2.24) is 24.6 Å². The largest absolute Gasteiger partial charge is 0.317 e. The van der Waals surface area contributed by atoms with Crippen LogP contribution in [0.1, 0.15) is 24.3 Å². The molecule has 6 heteroatoms. The highest BCUT2D eigenvalue weighted by molar-refractivity contribution is 6.30. The van der Waals surface area contributed by atoms with E-state index in [-0.39, 0.29) is 0 Å². The third kappa shape index (κ3) is 2.82. The summed E-state index contributed by atoms with van der Waals surface area (Å²) in [6.45, 7) is 2.10. The van der Waals surface area contributed by atoms with Crippen LogP contribution in [0, 0.1) is 0 Å². The molecule has 0 amide bonds. The molecule has 3 aromatic heterocycles. The van der Waals surface area contributed by atoms with Crippen molar-refractivity contribution in [1.29, 1.82) is 0 Å². The zero-order valence-corrected chi connectivity index (χ0v) is 16.5. The first-order valence-corrected chi connectivity index (χ1v) is 10.0. The summed E-state index contributed by atoms with van der Waals surface area (Å²) in [6.07, 6.45) is 7.99. The summed E-state index contributed by atoms with van der Waals surface area (Å²) < 4.78 is 4.27. The molecular weight excluding hydrogens is 370 g/mol. The molecule has 1 aliphatic heterocycles. The molecule has 4 heterocycles. The molecule has 0 radical (unpaired) electrons. The molecule has 0 aliphatic carbocycles. The summed E-state index contributed by atoms with van der Waals surface area (Å²) in [6, 6.07) is 12.3. The molecule has 142 valence electrons. The number of pyridine rings is 1. The Labute approximate surface area is 169 Å². The van der Waals surface area contributed by atoms with E-state index >= 15 is 0 Å². The van der Waals surface area contributed by atoms with Crippen molar-refractivity contribution in [2.75, 3.05) is 13.1 Å². The van der Waals surface area contributed by atoms with Crippen LogP contribution in [0.5, 0.6) is 0 Å². The maximum atomic E-state index is 6.17. The Morgan fingerprint density at radius 3 is 2.54 bits per heavy atom. The Kier molecular flexibility index (Phi) is 4.41. The number of aromatic nitrogens is 4. The number of aryl methyl sites for hydroxylation is 1. The van der Waals surface area contributed by atoms with E-state index < -0.39 is 0 Å². The van der Waals surface area contributed by atoms with Crippen molar-refractivity contribution in [3.63, 3.8) is 0 Å². The van der Waals surface area contributed by atoms with Crippen molar-refractivity contribution in [2.24, 2.45) is 7.05 Å². The molecule has 4 aromatic rings. The van der Waals surface area contributed by atoms with Gasteiger partial charge in [0, 0.05) is 35.5 Å². The average molecular weight is 392 g/mol. The summed E-state index contributed by atoms with van der Waals surface area (Å²) >= 11 is 6.17. The first-order chi connectivity index (χ1) is 13.7. The van der Waals surface area contributed by atoms with Crippen LogP contribution < -0.4 is 5.32 Å². The first kappa shape index (κ1) is 17.5. The number of piperidine rings is 1. The minimum atomic E-state index is 0.504. The van der Waals surface area contributed by atoms with Gasteiger partial charge in [-0.15, -0.1) is 0 Å². The standard InChI is InChI=1S/C22H22ClN5/c1-27-19(9-13-26-27)22-21(15-6-10-24-11-7-15)18-8-12-25-14-20(18)28(22)17-4-2-16(23)3-5-17/h2-5,8-9,12-15,24H,6-7,10-11H2,1H3. The Hall–Kier alpha value is -2.63. The second-order valence-corrected chi connectivity index (χ2v) is 7.77. The van der Waals surface area contributed by atoms with Crippen LogP contribution in [-0.2, 0) is 7.05 Å². The van der Waals surface area contributed by atoms with Crippen LogP contribution in [0.3, 0.4) is 0 Å². The molecule has 1 saturated heterocycles. The molecule has 0 bridgehead atoms. The first-order valence-electron chi connectivity index (χ1n) is 9.67. The average Bonchev–Trinajstić information content (AvgIpc) is 3.30. The SMILES string of the molecule is Cn1nccc1-c1c(C2CCNCC2)c2ccncc2n1-c1ccc(Cl)cc1. The van der Waals surface area contributed by atoms with E-state index in [4.69, 9.17) is 11.6 Å². The molecular formula is C22H22ClN5. The van der Waals surface area contributed by atoms with Crippen molar-refractivity contribution >= 4 is 22.5 Å². The van der Waals surface area contributed by atoms with Gasteiger partial charge in [0.2, 0.25) is 0 Å². The van der Waals surface area contributed by atoms with Gasteiger partial charge in [-0.1, -0.05) is 11.6 Å². The third-order valence-corrected chi connectivity index (χ3v) is 5.96. The lowest BCUT2D eigenvalue weighted by Gasteiger charge is -2.24. The minimum absolute atomic E-state index is 0.504. The molecule has 1 aromatic carbocycles. The van der Waals surface area contributed by atoms with Gasteiger partial charge in [-0.3, -0.25) is 9.67 Å². The lowest BCUT2D eigenvalue weighted by Crippen LogP contribution is -2.26. The molecule has 0 saturated carbocycles. The normalized spacial score (nSPS) is 15.4. The monoisotopic (exact) mass is 391 g/mol. The van der Waals surface area contributed by atoms with E-state index in [9.17, 15) is 0 Å². The Bertz CT molecular complexity index is 1120. The van der Waals surface area contributed by atoms with E-state index in [1.165, 1.54) is 16.6 Å². The third-order valence-electron chi connectivity index (χ3n) is 5.71. The Morgan fingerprint density at radius 2 is 1.82 bits per heavy atom. The Balaban J connectivity index is 1.87. The van der Waals surface area contributed by atoms with Crippen molar-refractivity contribution in [3.05, 3.63) is 65.6 Å². The van der Waals surface area contributed by atoms with Gasteiger partial charge < -0.3 is 9.88 Å². The topological polar surface area (TPSA) is 47.7 Å². The smallest absolute Gasteiger partial charge is 0.0850 e. The number of nitrogens with zero attached hydrogens (tertiary/aromatic N) is 4. The fraction of sp³-hybridized carbons (Fsp3) is 0.273. The van der Waals surface area contributed by atoms with Crippen LogP contribution in [0.4, 0.5) is 0 Å². The van der Waals surface area contributed by atoms with Gasteiger partial charge in [-0.25, -0.2) is 0 Å². The lowest BCUT2D eigenvalue weighted by molar-refractivity contribution is 0.462. The van der Waals surface area contributed by atoms with Crippen molar-refractivity contribution in [2.45, 2.75) is 18.8 Å². The van der Waals surface area contributed by atoms with Gasteiger partial charge in [0.15, 0.2) is 0 Å². The fourth-order valence-electron chi connectivity index (χ4n) is 4.40. The fourth-order valence-corrected chi connectivity index (χ4v) is 4.53. The maximum absolute atomic E-state index is 6.17. The number of benzene rings is 1. The summed E-state index contributed by atoms with van der Waals surface area (Å²) in [4.78, 5) is 4.44. The van der Waals surface area contributed by atoms with Gasteiger partial charge in [-0.2, -0.15) is 5.10 Å². The quantitative estimate of drug-likeness (QED) is 0.557. The minimum Gasteiger partial charge on any atom is -0.317 e. The number of hydrogen-bond donors (Lipinski definition) is 1. The summed E-state index contributed by atoms with van der Waals surface area (Å²) in [7, 11) is 2.00. The predicted molar refractivity (Wildman–Crippen MR) is 113 cm³/mol. The molecule has 5 rings (SSSR count). The van der Waals surface area contributed by atoms with Gasteiger partial charge in [-0.05, 0) is 73.8 Å². The van der Waals surface area contributed by atoms with E-state index in [0.29, 0.717) is 5.92 Å². The van der Waals surface area contributed by atoms with Crippen LogP contribution >= 0.6 is 11.6 Å². The van der Waals surface area contributed by atoms with Crippen molar-refractivity contribution < 1.29 is 0 Å². The Morgan fingerprint density at radius 1 is 1.04 bits per heavy atom. The highest BCUT2D eigenvalue weighted by atomic mass is 35.5. The van der Waals surface area contributed by atoms with Crippen molar-refractivity contribution in [3.8, 4) is 17.1 Å². The number of halogens is 1. The second-order valence-electron chi connectivity index (χ2n) is 7.33. The van der Waals surface area contributed by atoms with Gasteiger partial charge in [0.25, 0.3) is 0 Å². The lowest BCUT2D eigenvalue weighted by atomic mass is 9.87. The zero-order valence-electron chi connectivity index (χ0n) is 15.8. The van der Waals surface area contributed by atoms with E-state index in [0.717, 1.165) is 47.9 Å². The van der Waals surface area contributed by atoms with Crippen LogP contribution in [0.25, 0.3) is 28.0 Å². The van der Waals surface area contributed by atoms with Gasteiger partial charge >= 0.3 is 0 Å². The molecule has 28 heavy (non-hydrogen) atoms. The predicted octanol–water partition coefficient (Wildman–Crippen LogP) is 4.55. The molecule has 5 nitrogen and oxygen atoms in total.